The van der Waals surface area contributed by atoms with E-state index in [1.807, 2.05) is 40.7 Å². The van der Waals surface area contributed by atoms with Gasteiger partial charge in [0, 0.05) is 23.7 Å². The van der Waals surface area contributed by atoms with E-state index in [0.29, 0.717) is 16.4 Å². The van der Waals surface area contributed by atoms with Crippen LogP contribution in [0.3, 0.4) is 0 Å². The van der Waals surface area contributed by atoms with Crippen molar-refractivity contribution in [3.63, 3.8) is 0 Å². The van der Waals surface area contributed by atoms with Crippen LogP contribution in [0.2, 0.25) is 5.02 Å². The molecule has 2 heterocycles. The van der Waals surface area contributed by atoms with Crippen LogP contribution in [0.5, 0.6) is 0 Å². The Bertz CT molecular complexity index is 1070. The predicted octanol–water partition coefficient (Wildman–Crippen LogP) is 4.58. The number of nitrogens with one attached hydrogen (secondary N) is 1. The smallest absolute Gasteiger partial charge is 0.251 e. The number of hydrogen-bond acceptors (Lipinski definition) is 3. The molecule has 6 nitrogen and oxygen atoms in total. The molecule has 162 valence electrons. The number of amides is 2. The molecule has 7 heteroatoms. The number of hydrogen-bond donors (Lipinski definition) is 1. The van der Waals surface area contributed by atoms with Crippen molar-refractivity contribution in [2.24, 2.45) is 0 Å². The van der Waals surface area contributed by atoms with Gasteiger partial charge in [-0.3, -0.25) is 9.59 Å². The Labute approximate surface area is 187 Å². The number of nitrogens with zero attached hydrogens (tertiary/aromatic N) is 3. The molecule has 1 aromatic heterocycles. The van der Waals surface area contributed by atoms with Crippen LogP contribution in [-0.4, -0.2) is 39.4 Å². The predicted molar refractivity (Wildman–Crippen MR) is 122 cm³/mol. The first-order chi connectivity index (χ1) is 15.0. The molecule has 2 aromatic carbocycles. The number of fused-ring (bicyclic) bond motifs is 1. The van der Waals surface area contributed by atoms with Gasteiger partial charge in [-0.15, -0.1) is 0 Å². The third-order valence-corrected chi connectivity index (χ3v) is 6.03. The van der Waals surface area contributed by atoms with Crippen molar-refractivity contribution in [1.82, 2.24) is 19.8 Å². The third-order valence-electron chi connectivity index (χ3n) is 5.78. The van der Waals surface area contributed by atoms with Crippen LogP contribution < -0.4 is 5.32 Å². The van der Waals surface area contributed by atoms with Gasteiger partial charge in [-0.2, -0.15) is 0 Å². The van der Waals surface area contributed by atoms with E-state index in [4.69, 9.17) is 16.6 Å². The molecule has 1 saturated heterocycles. The molecule has 1 aliphatic heterocycles. The topological polar surface area (TPSA) is 67.2 Å². The van der Waals surface area contributed by atoms with Gasteiger partial charge in [0.15, 0.2) is 0 Å². The minimum Gasteiger partial charge on any atom is -0.342 e. The maximum absolute atomic E-state index is 13.1. The Hall–Kier alpha value is -2.86. The molecule has 31 heavy (non-hydrogen) atoms. The van der Waals surface area contributed by atoms with Crippen LogP contribution in [0, 0.1) is 0 Å². The molecule has 0 saturated carbocycles. The standard InChI is InChI=1S/C24H27ClN4O2/c1-17(26-24(31)18-10-12-19(25)13-11-18)23-27-20-8-4-5-9-21(20)29(23)16-22(30)28-14-6-2-3-7-15-28/h4-5,8-13,17H,2-3,6-7,14-16H2,1H3,(H,26,31). The van der Waals surface area contributed by atoms with Crippen molar-refractivity contribution >= 4 is 34.4 Å². The Morgan fingerprint density at radius 1 is 1.03 bits per heavy atom. The second kappa shape index (κ2) is 9.52. The zero-order chi connectivity index (χ0) is 21.8. The molecule has 1 unspecified atom stereocenters. The van der Waals surface area contributed by atoms with Gasteiger partial charge in [-0.25, -0.2) is 4.98 Å². The fourth-order valence-electron chi connectivity index (χ4n) is 4.09. The van der Waals surface area contributed by atoms with E-state index < -0.39 is 0 Å². The van der Waals surface area contributed by atoms with Crippen LogP contribution in [0.1, 0.15) is 54.8 Å². The van der Waals surface area contributed by atoms with Crippen LogP contribution >= 0.6 is 11.6 Å². The zero-order valence-electron chi connectivity index (χ0n) is 17.7. The number of imidazole rings is 1. The number of aromatic nitrogens is 2. The number of carbonyl (C=O) groups excluding carboxylic acids is 2. The first-order valence-electron chi connectivity index (χ1n) is 10.8. The normalized spacial score (nSPS) is 15.5. The number of benzene rings is 2. The zero-order valence-corrected chi connectivity index (χ0v) is 18.4. The lowest BCUT2D eigenvalue weighted by Crippen LogP contribution is -2.36. The number of rotatable bonds is 5. The lowest BCUT2D eigenvalue weighted by atomic mass is 10.2. The van der Waals surface area contributed by atoms with Crippen molar-refractivity contribution < 1.29 is 9.59 Å². The van der Waals surface area contributed by atoms with Gasteiger partial charge < -0.3 is 14.8 Å². The highest BCUT2D eigenvalue weighted by atomic mass is 35.5. The molecule has 4 rings (SSSR count). The first-order valence-corrected chi connectivity index (χ1v) is 11.2. The van der Waals surface area contributed by atoms with Gasteiger partial charge in [-0.05, 0) is 56.2 Å². The summed E-state index contributed by atoms with van der Waals surface area (Å²) < 4.78 is 1.94. The highest BCUT2D eigenvalue weighted by Crippen LogP contribution is 2.22. The summed E-state index contributed by atoms with van der Waals surface area (Å²) in [6, 6.07) is 14.2. The summed E-state index contributed by atoms with van der Waals surface area (Å²) in [7, 11) is 0. The monoisotopic (exact) mass is 438 g/mol. The highest BCUT2D eigenvalue weighted by Gasteiger charge is 2.23. The Morgan fingerprint density at radius 2 is 1.71 bits per heavy atom. The largest absolute Gasteiger partial charge is 0.342 e. The van der Waals surface area contributed by atoms with E-state index in [9.17, 15) is 9.59 Å². The van der Waals surface area contributed by atoms with Crippen LogP contribution in [0.15, 0.2) is 48.5 Å². The molecule has 0 aliphatic carbocycles. The SMILES string of the molecule is CC(NC(=O)c1ccc(Cl)cc1)c1nc2ccccc2n1CC(=O)N1CCCCCC1. The lowest BCUT2D eigenvalue weighted by Gasteiger charge is -2.22. The molecule has 0 spiro atoms. The number of likely N-dealkylation sites (tertiary alicyclic amines) is 1. The molecular formula is C24H27ClN4O2. The summed E-state index contributed by atoms with van der Waals surface area (Å²) >= 11 is 5.93. The van der Waals surface area contributed by atoms with E-state index in [1.165, 1.54) is 12.8 Å². The summed E-state index contributed by atoms with van der Waals surface area (Å²) in [5.41, 5.74) is 2.24. The number of halogens is 1. The molecular weight excluding hydrogens is 412 g/mol. The van der Waals surface area contributed by atoms with Crippen molar-refractivity contribution in [1.29, 1.82) is 0 Å². The Kier molecular flexibility index (Phi) is 6.56. The fraction of sp³-hybridized carbons (Fsp3) is 0.375. The average molecular weight is 439 g/mol. The van der Waals surface area contributed by atoms with Gasteiger partial charge >= 0.3 is 0 Å². The summed E-state index contributed by atoms with van der Waals surface area (Å²) in [4.78, 5) is 32.5. The molecule has 1 N–H and O–H groups in total. The van der Waals surface area contributed by atoms with Crippen molar-refractivity contribution in [2.75, 3.05) is 13.1 Å². The summed E-state index contributed by atoms with van der Waals surface area (Å²) in [5.74, 6) is 0.566. The van der Waals surface area contributed by atoms with Gasteiger partial charge in [-0.1, -0.05) is 36.6 Å². The summed E-state index contributed by atoms with van der Waals surface area (Å²) in [6.07, 6.45) is 4.46. The molecule has 2 amide bonds. The Morgan fingerprint density at radius 3 is 2.42 bits per heavy atom. The number of carbonyl (C=O) groups is 2. The van der Waals surface area contributed by atoms with Crippen molar-refractivity contribution in [2.45, 2.75) is 45.2 Å². The molecule has 0 radical (unpaired) electrons. The summed E-state index contributed by atoms with van der Waals surface area (Å²) in [6.45, 7) is 3.73. The quantitative estimate of drug-likeness (QED) is 0.633. The maximum atomic E-state index is 13.1. The van der Waals surface area contributed by atoms with Crippen LogP contribution in [-0.2, 0) is 11.3 Å². The minimum absolute atomic E-state index is 0.0996. The van der Waals surface area contributed by atoms with E-state index in [-0.39, 0.29) is 24.4 Å². The van der Waals surface area contributed by atoms with Gasteiger partial charge in [0.05, 0.1) is 17.1 Å². The second-order valence-corrected chi connectivity index (χ2v) is 8.48. The van der Waals surface area contributed by atoms with E-state index in [2.05, 4.69) is 5.32 Å². The van der Waals surface area contributed by atoms with Crippen molar-refractivity contribution in [3.8, 4) is 0 Å². The van der Waals surface area contributed by atoms with E-state index >= 15 is 0 Å². The molecule has 1 atom stereocenters. The van der Waals surface area contributed by atoms with Crippen molar-refractivity contribution in [3.05, 3.63) is 64.9 Å². The van der Waals surface area contributed by atoms with Gasteiger partial charge in [0.2, 0.25) is 5.91 Å². The second-order valence-electron chi connectivity index (χ2n) is 8.04. The highest BCUT2D eigenvalue weighted by molar-refractivity contribution is 6.30. The lowest BCUT2D eigenvalue weighted by molar-refractivity contribution is -0.131. The summed E-state index contributed by atoms with van der Waals surface area (Å²) in [5, 5.41) is 3.59. The fourth-order valence-corrected chi connectivity index (χ4v) is 4.22. The van der Waals surface area contributed by atoms with Crippen LogP contribution in [0.4, 0.5) is 0 Å². The van der Waals surface area contributed by atoms with E-state index in [1.54, 1.807) is 24.3 Å². The van der Waals surface area contributed by atoms with Crippen LogP contribution in [0.25, 0.3) is 11.0 Å². The maximum Gasteiger partial charge on any atom is 0.251 e. The Balaban J connectivity index is 1.58. The van der Waals surface area contributed by atoms with Gasteiger partial charge in [0.25, 0.3) is 5.91 Å². The molecule has 1 aliphatic rings. The molecule has 0 bridgehead atoms. The average Bonchev–Trinajstić information content (AvgIpc) is 2.94. The third kappa shape index (κ3) is 4.90. The molecule has 3 aromatic rings. The number of para-hydroxylation sites is 2. The molecule has 1 fully saturated rings. The first kappa shape index (κ1) is 21.4. The van der Waals surface area contributed by atoms with Gasteiger partial charge in [0.1, 0.15) is 12.4 Å². The van der Waals surface area contributed by atoms with E-state index in [0.717, 1.165) is 37.0 Å². The minimum atomic E-state index is -0.368.